The molecule has 16 heavy (non-hydrogen) atoms. The van der Waals surface area contributed by atoms with Crippen molar-refractivity contribution < 1.29 is 14.3 Å². The SMILES string of the molecule is COc1c(C=O)cc(C(C)C)c(OC)c1Br. The molecule has 88 valence electrons. The first kappa shape index (κ1) is 13.0. The van der Waals surface area contributed by atoms with E-state index >= 15 is 0 Å². The summed E-state index contributed by atoms with van der Waals surface area (Å²) in [4.78, 5) is 11.0. The number of benzene rings is 1. The second-order valence-corrected chi connectivity index (χ2v) is 4.50. The molecule has 0 aliphatic rings. The summed E-state index contributed by atoms with van der Waals surface area (Å²) in [6.45, 7) is 4.09. The summed E-state index contributed by atoms with van der Waals surface area (Å²) in [5.41, 5.74) is 1.51. The molecule has 1 rings (SSSR count). The molecule has 0 aliphatic carbocycles. The smallest absolute Gasteiger partial charge is 0.153 e. The molecule has 0 radical (unpaired) electrons. The van der Waals surface area contributed by atoms with E-state index in [2.05, 4.69) is 15.9 Å². The van der Waals surface area contributed by atoms with E-state index in [1.807, 2.05) is 13.8 Å². The monoisotopic (exact) mass is 286 g/mol. The van der Waals surface area contributed by atoms with Gasteiger partial charge in [-0.05, 0) is 33.5 Å². The molecular weight excluding hydrogens is 272 g/mol. The van der Waals surface area contributed by atoms with E-state index in [0.717, 1.165) is 17.6 Å². The topological polar surface area (TPSA) is 35.5 Å². The number of methoxy groups -OCH3 is 2. The third kappa shape index (κ3) is 2.21. The Bertz CT molecular complexity index is 400. The van der Waals surface area contributed by atoms with Crippen LogP contribution in [-0.2, 0) is 0 Å². The Hall–Kier alpha value is -1.03. The molecule has 0 amide bonds. The van der Waals surface area contributed by atoms with Crippen molar-refractivity contribution in [2.75, 3.05) is 14.2 Å². The van der Waals surface area contributed by atoms with Gasteiger partial charge in [-0.1, -0.05) is 13.8 Å². The zero-order valence-electron chi connectivity index (χ0n) is 9.83. The molecule has 4 heteroatoms. The standard InChI is InChI=1S/C12H15BrO3/c1-7(2)9-5-8(6-14)11(15-3)10(13)12(9)16-4/h5-7H,1-4H3. The summed E-state index contributed by atoms with van der Waals surface area (Å²) in [5, 5.41) is 0. The van der Waals surface area contributed by atoms with Crippen LogP contribution in [0, 0.1) is 0 Å². The Kier molecular flexibility index (Phi) is 4.35. The Morgan fingerprint density at radius 3 is 2.19 bits per heavy atom. The zero-order valence-corrected chi connectivity index (χ0v) is 11.4. The lowest BCUT2D eigenvalue weighted by atomic mass is 9.99. The first-order chi connectivity index (χ1) is 7.56. The largest absolute Gasteiger partial charge is 0.495 e. The molecule has 0 unspecified atom stereocenters. The Labute approximate surface area is 104 Å². The molecule has 0 saturated heterocycles. The normalized spacial score (nSPS) is 10.4. The molecule has 0 atom stereocenters. The van der Waals surface area contributed by atoms with Gasteiger partial charge in [-0.15, -0.1) is 0 Å². The molecular formula is C12H15BrO3. The van der Waals surface area contributed by atoms with E-state index in [-0.39, 0.29) is 5.92 Å². The van der Waals surface area contributed by atoms with Gasteiger partial charge in [0.05, 0.1) is 19.8 Å². The molecule has 0 aliphatic heterocycles. The minimum atomic E-state index is 0.274. The number of rotatable bonds is 4. The third-order valence-electron chi connectivity index (χ3n) is 2.39. The molecule has 0 saturated carbocycles. The van der Waals surface area contributed by atoms with Gasteiger partial charge in [0.2, 0.25) is 0 Å². The van der Waals surface area contributed by atoms with Gasteiger partial charge in [-0.3, -0.25) is 4.79 Å². The highest BCUT2D eigenvalue weighted by Crippen LogP contribution is 2.42. The summed E-state index contributed by atoms with van der Waals surface area (Å²) >= 11 is 3.40. The van der Waals surface area contributed by atoms with Crippen LogP contribution in [-0.4, -0.2) is 20.5 Å². The summed E-state index contributed by atoms with van der Waals surface area (Å²) < 4.78 is 11.2. The average molecular weight is 287 g/mol. The lowest BCUT2D eigenvalue weighted by molar-refractivity contribution is 0.112. The van der Waals surface area contributed by atoms with E-state index in [4.69, 9.17) is 9.47 Å². The number of carbonyl (C=O) groups excluding carboxylic acids is 1. The fourth-order valence-electron chi connectivity index (χ4n) is 1.59. The Morgan fingerprint density at radius 2 is 1.81 bits per heavy atom. The third-order valence-corrected chi connectivity index (χ3v) is 3.11. The zero-order chi connectivity index (χ0) is 12.3. The van der Waals surface area contributed by atoms with Crippen LogP contribution in [0.1, 0.15) is 35.7 Å². The van der Waals surface area contributed by atoms with Gasteiger partial charge in [0, 0.05) is 0 Å². The van der Waals surface area contributed by atoms with Crippen LogP contribution >= 0.6 is 15.9 Å². The number of hydrogen-bond acceptors (Lipinski definition) is 3. The van der Waals surface area contributed by atoms with Crippen LogP contribution in [0.4, 0.5) is 0 Å². The van der Waals surface area contributed by atoms with Gasteiger partial charge < -0.3 is 9.47 Å². The van der Waals surface area contributed by atoms with E-state index in [0.29, 0.717) is 15.8 Å². The lowest BCUT2D eigenvalue weighted by Gasteiger charge is -2.17. The van der Waals surface area contributed by atoms with Crippen LogP contribution in [0.2, 0.25) is 0 Å². The molecule has 0 spiro atoms. The van der Waals surface area contributed by atoms with E-state index in [1.165, 1.54) is 7.11 Å². The minimum Gasteiger partial charge on any atom is -0.495 e. The highest BCUT2D eigenvalue weighted by molar-refractivity contribution is 9.10. The Balaban J connectivity index is 3.53. The van der Waals surface area contributed by atoms with Crippen molar-refractivity contribution in [2.24, 2.45) is 0 Å². The lowest BCUT2D eigenvalue weighted by Crippen LogP contribution is -2.01. The van der Waals surface area contributed by atoms with Gasteiger partial charge >= 0.3 is 0 Å². The predicted molar refractivity (Wildman–Crippen MR) is 66.7 cm³/mol. The second kappa shape index (κ2) is 5.34. The van der Waals surface area contributed by atoms with Crippen molar-refractivity contribution in [3.05, 3.63) is 21.7 Å². The molecule has 0 heterocycles. The van der Waals surface area contributed by atoms with E-state index < -0.39 is 0 Å². The van der Waals surface area contributed by atoms with Crippen molar-refractivity contribution in [1.82, 2.24) is 0 Å². The fourth-order valence-corrected chi connectivity index (χ4v) is 2.37. The second-order valence-electron chi connectivity index (χ2n) is 3.71. The minimum absolute atomic E-state index is 0.274. The van der Waals surface area contributed by atoms with Crippen molar-refractivity contribution in [3.8, 4) is 11.5 Å². The van der Waals surface area contributed by atoms with Gasteiger partial charge in [0.15, 0.2) is 6.29 Å². The number of ether oxygens (including phenoxy) is 2. The highest BCUT2D eigenvalue weighted by Gasteiger charge is 2.19. The Morgan fingerprint density at radius 1 is 1.25 bits per heavy atom. The van der Waals surface area contributed by atoms with Crippen LogP contribution in [0.15, 0.2) is 10.5 Å². The molecule has 3 nitrogen and oxygen atoms in total. The van der Waals surface area contributed by atoms with Gasteiger partial charge in [0.25, 0.3) is 0 Å². The van der Waals surface area contributed by atoms with Crippen molar-refractivity contribution in [2.45, 2.75) is 19.8 Å². The average Bonchev–Trinajstić information content (AvgIpc) is 2.27. The molecule has 1 aromatic rings. The molecule has 0 N–H and O–H groups in total. The first-order valence-electron chi connectivity index (χ1n) is 4.96. The maximum atomic E-state index is 11.0. The summed E-state index contributed by atoms with van der Waals surface area (Å²) in [5.74, 6) is 1.50. The maximum absolute atomic E-state index is 11.0. The molecule has 0 aromatic heterocycles. The maximum Gasteiger partial charge on any atom is 0.153 e. The van der Waals surface area contributed by atoms with Gasteiger partial charge in [0.1, 0.15) is 16.0 Å². The number of carbonyl (C=O) groups is 1. The van der Waals surface area contributed by atoms with Gasteiger partial charge in [-0.25, -0.2) is 0 Å². The molecule has 0 fully saturated rings. The van der Waals surface area contributed by atoms with Crippen molar-refractivity contribution >= 4 is 22.2 Å². The number of hydrogen-bond donors (Lipinski definition) is 0. The number of aldehydes is 1. The van der Waals surface area contributed by atoms with Crippen LogP contribution in [0.5, 0.6) is 11.5 Å². The quantitative estimate of drug-likeness (QED) is 0.796. The van der Waals surface area contributed by atoms with E-state index in [9.17, 15) is 4.79 Å². The summed E-state index contributed by atoms with van der Waals surface area (Å²) in [7, 11) is 3.13. The summed E-state index contributed by atoms with van der Waals surface area (Å²) in [6, 6.07) is 1.81. The van der Waals surface area contributed by atoms with Crippen molar-refractivity contribution in [3.63, 3.8) is 0 Å². The molecule has 1 aromatic carbocycles. The number of halogens is 1. The van der Waals surface area contributed by atoms with Crippen LogP contribution < -0.4 is 9.47 Å². The highest BCUT2D eigenvalue weighted by atomic mass is 79.9. The summed E-state index contributed by atoms with van der Waals surface area (Å²) in [6.07, 6.45) is 0.787. The van der Waals surface area contributed by atoms with Crippen LogP contribution in [0.25, 0.3) is 0 Å². The first-order valence-corrected chi connectivity index (χ1v) is 5.75. The van der Waals surface area contributed by atoms with E-state index in [1.54, 1.807) is 13.2 Å². The van der Waals surface area contributed by atoms with Gasteiger partial charge in [-0.2, -0.15) is 0 Å². The van der Waals surface area contributed by atoms with Crippen LogP contribution in [0.3, 0.4) is 0 Å². The molecule has 0 bridgehead atoms. The fraction of sp³-hybridized carbons (Fsp3) is 0.417. The predicted octanol–water partition coefficient (Wildman–Crippen LogP) is 3.40. The van der Waals surface area contributed by atoms with Crippen molar-refractivity contribution in [1.29, 1.82) is 0 Å².